The van der Waals surface area contributed by atoms with E-state index in [-0.39, 0.29) is 5.92 Å². The molecule has 1 aliphatic rings. The minimum atomic E-state index is -1.08. The lowest BCUT2D eigenvalue weighted by Gasteiger charge is -2.36. The molecule has 4 unspecified atom stereocenters. The number of hydrogen-bond donors (Lipinski definition) is 0. The molecule has 6 nitrogen and oxygen atoms in total. The van der Waals surface area contributed by atoms with Crippen LogP contribution in [0.1, 0.15) is 52.1 Å². The molecule has 2 aromatic rings. The standard InChI is InChI=1S/C23H30N4O2/c1-5-15(2)14-29-23(28)18(11-24)21-22(27-12-16(3)10-17(4)13-27)26-20-9-7-6-8-19(20)25-21/h6-9,15-18H,5,10,12-14H2,1-4H3. The van der Waals surface area contributed by atoms with E-state index in [4.69, 9.17) is 14.7 Å². The number of nitriles is 1. The highest BCUT2D eigenvalue weighted by Gasteiger charge is 2.32. The zero-order valence-corrected chi connectivity index (χ0v) is 17.8. The van der Waals surface area contributed by atoms with Crippen LogP contribution in [0.4, 0.5) is 5.82 Å². The van der Waals surface area contributed by atoms with Gasteiger partial charge in [-0.25, -0.2) is 9.97 Å². The fourth-order valence-electron chi connectivity index (χ4n) is 3.92. The molecule has 1 fully saturated rings. The second-order valence-corrected chi connectivity index (χ2v) is 8.48. The SMILES string of the molecule is CCC(C)COC(=O)C(C#N)c1nc2ccccc2nc1N1CC(C)CC(C)C1. The maximum absolute atomic E-state index is 12.8. The summed E-state index contributed by atoms with van der Waals surface area (Å²) in [5.41, 5.74) is 1.85. The van der Waals surface area contributed by atoms with E-state index in [0.29, 0.717) is 35.5 Å². The topological polar surface area (TPSA) is 79.1 Å². The number of aromatic nitrogens is 2. The smallest absolute Gasteiger partial charge is 0.329 e. The van der Waals surface area contributed by atoms with Crippen LogP contribution in [0.2, 0.25) is 0 Å². The summed E-state index contributed by atoms with van der Waals surface area (Å²) >= 11 is 0. The number of benzene rings is 1. The van der Waals surface area contributed by atoms with Gasteiger partial charge >= 0.3 is 5.97 Å². The molecule has 29 heavy (non-hydrogen) atoms. The van der Waals surface area contributed by atoms with E-state index >= 15 is 0 Å². The molecule has 0 aliphatic carbocycles. The minimum Gasteiger partial charge on any atom is -0.464 e. The number of piperidine rings is 1. The van der Waals surface area contributed by atoms with Crippen molar-refractivity contribution in [1.82, 2.24) is 9.97 Å². The summed E-state index contributed by atoms with van der Waals surface area (Å²) in [6.07, 6.45) is 2.07. The highest BCUT2D eigenvalue weighted by molar-refractivity contribution is 5.85. The van der Waals surface area contributed by atoms with Crippen LogP contribution >= 0.6 is 0 Å². The van der Waals surface area contributed by atoms with Gasteiger partial charge in [-0.05, 0) is 36.3 Å². The average Bonchev–Trinajstić information content (AvgIpc) is 2.71. The third-order valence-corrected chi connectivity index (χ3v) is 5.59. The van der Waals surface area contributed by atoms with Crippen molar-refractivity contribution in [3.8, 4) is 6.07 Å². The Labute approximate surface area is 172 Å². The molecule has 6 heteroatoms. The molecule has 0 amide bonds. The summed E-state index contributed by atoms with van der Waals surface area (Å²) in [5.74, 6) is 0.282. The highest BCUT2D eigenvalue weighted by atomic mass is 16.5. The van der Waals surface area contributed by atoms with E-state index in [0.717, 1.165) is 31.4 Å². The number of hydrogen-bond acceptors (Lipinski definition) is 6. The molecule has 0 saturated carbocycles. The van der Waals surface area contributed by atoms with Crippen molar-refractivity contribution in [2.75, 3.05) is 24.6 Å². The number of anilines is 1. The van der Waals surface area contributed by atoms with Crippen molar-refractivity contribution < 1.29 is 9.53 Å². The van der Waals surface area contributed by atoms with Gasteiger partial charge in [-0.3, -0.25) is 4.79 Å². The summed E-state index contributed by atoms with van der Waals surface area (Å²) in [5, 5.41) is 9.83. The number of carbonyl (C=O) groups excluding carboxylic acids is 1. The van der Waals surface area contributed by atoms with Crippen molar-refractivity contribution >= 4 is 22.8 Å². The number of fused-ring (bicyclic) bond motifs is 1. The molecule has 0 spiro atoms. The average molecular weight is 395 g/mol. The summed E-state index contributed by atoms with van der Waals surface area (Å²) in [6, 6.07) is 9.70. The third kappa shape index (κ3) is 4.84. The summed E-state index contributed by atoms with van der Waals surface area (Å²) < 4.78 is 5.45. The Kier molecular flexibility index (Phi) is 6.68. The lowest BCUT2D eigenvalue weighted by Crippen LogP contribution is -2.40. The predicted molar refractivity (Wildman–Crippen MR) is 113 cm³/mol. The van der Waals surface area contributed by atoms with Crippen molar-refractivity contribution in [3.05, 3.63) is 30.0 Å². The largest absolute Gasteiger partial charge is 0.464 e. The number of ether oxygens (including phenoxy) is 1. The van der Waals surface area contributed by atoms with Gasteiger partial charge in [0.05, 0.1) is 23.7 Å². The quantitative estimate of drug-likeness (QED) is 0.679. The first-order valence-corrected chi connectivity index (χ1v) is 10.5. The molecular formula is C23H30N4O2. The fourth-order valence-corrected chi connectivity index (χ4v) is 3.92. The molecule has 1 aromatic heterocycles. The van der Waals surface area contributed by atoms with Crippen LogP contribution < -0.4 is 4.90 Å². The minimum absolute atomic E-state index is 0.254. The van der Waals surface area contributed by atoms with Crippen LogP contribution in [0.15, 0.2) is 24.3 Å². The normalized spacial score (nSPS) is 21.4. The monoisotopic (exact) mass is 394 g/mol. The maximum atomic E-state index is 12.8. The third-order valence-electron chi connectivity index (χ3n) is 5.59. The van der Waals surface area contributed by atoms with E-state index in [1.54, 1.807) is 0 Å². The molecule has 1 saturated heterocycles. The van der Waals surface area contributed by atoms with Crippen LogP contribution in [-0.4, -0.2) is 35.6 Å². The van der Waals surface area contributed by atoms with Gasteiger partial charge in [-0.15, -0.1) is 0 Å². The second kappa shape index (κ2) is 9.21. The van der Waals surface area contributed by atoms with Crippen molar-refractivity contribution in [3.63, 3.8) is 0 Å². The Morgan fingerprint density at radius 1 is 1.24 bits per heavy atom. The summed E-state index contributed by atoms with van der Waals surface area (Å²) in [7, 11) is 0. The van der Waals surface area contributed by atoms with Crippen LogP contribution in [0.25, 0.3) is 11.0 Å². The van der Waals surface area contributed by atoms with E-state index in [2.05, 4.69) is 24.8 Å². The van der Waals surface area contributed by atoms with Gasteiger partial charge in [-0.1, -0.05) is 46.2 Å². The molecule has 0 N–H and O–H groups in total. The lowest BCUT2D eigenvalue weighted by atomic mass is 9.91. The first-order chi connectivity index (χ1) is 13.9. The van der Waals surface area contributed by atoms with Crippen molar-refractivity contribution in [2.45, 2.75) is 46.5 Å². The predicted octanol–water partition coefficient (Wildman–Crippen LogP) is 4.31. The zero-order chi connectivity index (χ0) is 21.0. The Morgan fingerprint density at radius 2 is 1.86 bits per heavy atom. The Balaban J connectivity index is 2.02. The van der Waals surface area contributed by atoms with Gasteiger partial charge in [0, 0.05) is 13.1 Å². The molecule has 2 heterocycles. The lowest BCUT2D eigenvalue weighted by molar-refractivity contribution is -0.145. The molecule has 0 bridgehead atoms. The number of esters is 1. The Bertz CT molecular complexity index is 897. The summed E-state index contributed by atoms with van der Waals surface area (Å²) in [4.78, 5) is 24.5. The number of para-hydroxylation sites is 2. The van der Waals surface area contributed by atoms with Crippen LogP contribution in [-0.2, 0) is 9.53 Å². The highest BCUT2D eigenvalue weighted by Crippen LogP contribution is 2.32. The van der Waals surface area contributed by atoms with Crippen molar-refractivity contribution in [2.24, 2.45) is 17.8 Å². The number of rotatable bonds is 6. The fraction of sp³-hybridized carbons (Fsp3) is 0.565. The van der Waals surface area contributed by atoms with Gasteiger partial charge in [0.2, 0.25) is 0 Å². The first kappa shape index (κ1) is 21.0. The van der Waals surface area contributed by atoms with Crippen LogP contribution in [0.3, 0.4) is 0 Å². The number of nitrogens with zero attached hydrogens (tertiary/aromatic N) is 4. The van der Waals surface area contributed by atoms with Gasteiger partial charge in [0.1, 0.15) is 5.69 Å². The van der Waals surface area contributed by atoms with Crippen LogP contribution in [0.5, 0.6) is 0 Å². The maximum Gasteiger partial charge on any atom is 0.329 e. The Hall–Kier alpha value is -2.68. The Morgan fingerprint density at radius 3 is 2.45 bits per heavy atom. The first-order valence-electron chi connectivity index (χ1n) is 10.5. The van der Waals surface area contributed by atoms with Gasteiger partial charge < -0.3 is 9.64 Å². The van der Waals surface area contributed by atoms with E-state index < -0.39 is 11.9 Å². The van der Waals surface area contributed by atoms with Crippen molar-refractivity contribution in [1.29, 1.82) is 5.26 Å². The zero-order valence-electron chi connectivity index (χ0n) is 17.8. The molecule has 3 rings (SSSR count). The molecule has 1 aromatic carbocycles. The molecular weight excluding hydrogens is 364 g/mol. The van der Waals surface area contributed by atoms with E-state index in [9.17, 15) is 10.1 Å². The van der Waals surface area contributed by atoms with Gasteiger partial charge in [-0.2, -0.15) is 5.26 Å². The van der Waals surface area contributed by atoms with Gasteiger partial charge in [0.25, 0.3) is 0 Å². The second-order valence-electron chi connectivity index (χ2n) is 8.48. The van der Waals surface area contributed by atoms with Crippen LogP contribution in [0, 0.1) is 29.1 Å². The summed E-state index contributed by atoms with van der Waals surface area (Å²) in [6.45, 7) is 10.5. The van der Waals surface area contributed by atoms with E-state index in [1.807, 2.05) is 38.1 Å². The number of carbonyl (C=O) groups is 1. The molecule has 154 valence electrons. The molecule has 4 atom stereocenters. The molecule has 0 radical (unpaired) electrons. The van der Waals surface area contributed by atoms with E-state index in [1.165, 1.54) is 0 Å². The molecule has 1 aliphatic heterocycles. The van der Waals surface area contributed by atoms with Gasteiger partial charge in [0.15, 0.2) is 11.7 Å².